The van der Waals surface area contributed by atoms with Crippen molar-refractivity contribution in [2.45, 2.75) is 25.8 Å². The van der Waals surface area contributed by atoms with Crippen molar-refractivity contribution in [2.75, 3.05) is 26.3 Å². The second-order valence-corrected chi connectivity index (χ2v) is 4.70. The van der Waals surface area contributed by atoms with E-state index in [2.05, 4.69) is 10.3 Å². The summed E-state index contributed by atoms with van der Waals surface area (Å²) < 4.78 is 6.77. The van der Waals surface area contributed by atoms with Crippen LogP contribution in [0.4, 0.5) is 0 Å². The third kappa shape index (κ3) is 3.32. The number of carboxylic acids is 1. The Kier molecular flexibility index (Phi) is 4.67. The smallest absolute Gasteiger partial charge is 0.358 e. The van der Waals surface area contributed by atoms with E-state index in [9.17, 15) is 9.59 Å². The van der Waals surface area contributed by atoms with Gasteiger partial charge in [0, 0.05) is 19.7 Å². The number of aromatic nitrogens is 3. The number of carbonyl (C=O) groups excluding carboxylic acids is 1. The van der Waals surface area contributed by atoms with E-state index in [1.165, 1.54) is 10.9 Å². The fraction of sp³-hybridized carbons (Fsp3) is 0.667. The van der Waals surface area contributed by atoms with Crippen LogP contribution in [0.3, 0.4) is 0 Å². The molecule has 0 bridgehead atoms. The number of amides is 1. The molecule has 2 rings (SSSR count). The highest BCUT2D eigenvalue weighted by Gasteiger charge is 2.32. The van der Waals surface area contributed by atoms with Gasteiger partial charge in [-0.05, 0) is 6.42 Å². The van der Waals surface area contributed by atoms with Gasteiger partial charge in [-0.2, -0.15) is 0 Å². The molecule has 1 amide bonds. The molecular weight excluding hydrogens is 264 g/mol. The monoisotopic (exact) mass is 282 g/mol. The number of ether oxygens (including phenoxy) is 1. The van der Waals surface area contributed by atoms with Crippen LogP contribution in [0.25, 0.3) is 0 Å². The van der Waals surface area contributed by atoms with Gasteiger partial charge in [-0.3, -0.25) is 4.79 Å². The number of carboxylic acid groups (broad SMARTS) is 1. The Balaban J connectivity index is 1.73. The Morgan fingerprint density at radius 1 is 1.45 bits per heavy atom. The van der Waals surface area contributed by atoms with Crippen LogP contribution in [0, 0.1) is 0 Å². The van der Waals surface area contributed by atoms with Gasteiger partial charge in [0.2, 0.25) is 5.91 Å². The molecule has 0 aromatic carbocycles. The number of likely N-dealkylation sites (tertiary alicyclic amines) is 1. The summed E-state index contributed by atoms with van der Waals surface area (Å²) in [6, 6.07) is 0.0103. The fourth-order valence-corrected chi connectivity index (χ4v) is 1.94. The van der Waals surface area contributed by atoms with E-state index in [4.69, 9.17) is 9.84 Å². The minimum absolute atomic E-state index is 0.0103. The van der Waals surface area contributed by atoms with Crippen molar-refractivity contribution in [3.8, 4) is 0 Å². The van der Waals surface area contributed by atoms with Gasteiger partial charge in [0.15, 0.2) is 5.69 Å². The van der Waals surface area contributed by atoms with Crippen molar-refractivity contribution < 1.29 is 19.4 Å². The average molecular weight is 282 g/mol. The molecule has 0 atom stereocenters. The molecule has 8 nitrogen and oxygen atoms in total. The van der Waals surface area contributed by atoms with Crippen molar-refractivity contribution in [2.24, 2.45) is 0 Å². The normalized spacial score (nSPS) is 15.2. The predicted octanol–water partition coefficient (Wildman–Crippen LogP) is 0.176. The maximum Gasteiger partial charge on any atom is 0.358 e. The zero-order valence-corrected chi connectivity index (χ0v) is 11.4. The van der Waals surface area contributed by atoms with Gasteiger partial charge in [-0.1, -0.05) is 12.1 Å². The highest BCUT2D eigenvalue weighted by atomic mass is 16.5. The molecule has 1 aromatic rings. The summed E-state index contributed by atoms with van der Waals surface area (Å²) in [5.74, 6) is -1.05. The van der Waals surface area contributed by atoms with Crippen LogP contribution in [-0.2, 0) is 9.53 Å². The first kappa shape index (κ1) is 14.4. The van der Waals surface area contributed by atoms with Crippen molar-refractivity contribution in [1.82, 2.24) is 19.9 Å². The molecule has 0 unspecified atom stereocenters. The molecule has 1 fully saturated rings. The van der Waals surface area contributed by atoms with E-state index in [0.29, 0.717) is 32.7 Å². The summed E-state index contributed by atoms with van der Waals surface area (Å²) in [7, 11) is 0. The van der Waals surface area contributed by atoms with Crippen LogP contribution in [0.15, 0.2) is 6.20 Å². The highest BCUT2D eigenvalue weighted by molar-refractivity contribution is 5.84. The number of hydrogen-bond acceptors (Lipinski definition) is 5. The van der Waals surface area contributed by atoms with Gasteiger partial charge in [-0.15, -0.1) is 5.10 Å². The van der Waals surface area contributed by atoms with E-state index in [-0.39, 0.29) is 17.6 Å². The summed E-state index contributed by atoms with van der Waals surface area (Å²) in [5, 5.41) is 16.1. The minimum Gasteiger partial charge on any atom is -0.476 e. The van der Waals surface area contributed by atoms with Gasteiger partial charge in [-0.25, -0.2) is 9.48 Å². The molecule has 110 valence electrons. The van der Waals surface area contributed by atoms with Crippen LogP contribution in [-0.4, -0.2) is 63.2 Å². The van der Waals surface area contributed by atoms with Crippen molar-refractivity contribution >= 4 is 11.9 Å². The lowest BCUT2D eigenvalue weighted by molar-refractivity contribution is -0.138. The third-order valence-electron chi connectivity index (χ3n) is 3.13. The summed E-state index contributed by atoms with van der Waals surface area (Å²) in [6.07, 6.45) is 2.71. The number of aromatic carboxylic acids is 1. The zero-order valence-electron chi connectivity index (χ0n) is 11.4. The number of carbonyl (C=O) groups is 2. The molecular formula is C12H18N4O4. The first-order valence-corrected chi connectivity index (χ1v) is 6.62. The average Bonchev–Trinajstić information content (AvgIpc) is 2.82. The van der Waals surface area contributed by atoms with Gasteiger partial charge in [0.1, 0.15) is 0 Å². The molecule has 2 heterocycles. The second kappa shape index (κ2) is 6.47. The highest BCUT2D eigenvalue weighted by Crippen LogP contribution is 2.21. The van der Waals surface area contributed by atoms with E-state index in [1.54, 1.807) is 4.90 Å². The second-order valence-electron chi connectivity index (χ2n) is 4.70. The molecule has 8 heteroatoms. The van der Waals surface area contributed by atoms with Gasteiger partial charge < -0.3 is 14.7 Å². The Hall–Kier alpha value is -1.96. The van der Waals surface area contributed by atoms with Gasteiger partial charge in [0.25, 0.3) is 0 Å². The zero-order chi connectivity index (χ0) is 14.5. The fourth-order valence-electron chi connectivity index (χ4n) is 1.94. The molecule has 1 aliphatic rings. The Morgan fingerprint density at radius 2 is 2.20 bits per heavy atom. The Morgan fingerprint density at radius 3 is 2.80 bits per heavy atom. The Labute approximate surface area is 116 Å². The lowest BCUT2D eigenvalue weighted by Crippen LogP contribution is -2.51. The van der Waals surface area contributed by atoms with Crippen LogP contribution >= 0.6 is 0 Å². The topological polar surface area (TPSA) is 97.5 Å². The molecule has 20 heavy (non-hydrogen) atoms. The van der Waals surface area contributed by atoms with Crippen molar-refractivity contribution in [1.29, 1.82) is 0 Å². The minimum atomic E-state index is -1.10. The SMILES string of the molecule is CCCOCCC(=O)N1CC(n2cc(C(=O)O)nn2)C1. The third-order valence-corrected chi connectivity index (χ3v) is 3.13. The molecule has 0 spiro atoms. The maximum atomic E-state index is 11.8. The van der Waals surface area contributed by atoms with Gasteiger partial charge >= 0.3 is 5.97 Å². The lowest BCUT2D eigenvalue weighted by atomic mass is 10.1. The molecule has 0 aliphatic carbocycles. The molecule has 1 aliphatic heterocycles. The molecule has 1 saturated heterocycles. The van der Waals surface area contributed by atoms with Crippen molar-refractivity contribution in [3.63, 3.8) is 0 Å². The molecule has 1 aromatic heterocycles. The quantitative estimate of drug-likeness (QED) is 0.716. The summed E-state index contributed by atoms with van der Waals surface area (Å²) in [4.78, 5) is 24.2. The van der Waals surface area contributed by atoms with Crippen LogP contribution < -0.4 is 0 Å². The summed E-state index contributed by atoms with van der Waals surface area (Å²) >= 11 is 0. The molecule has 1 N–H and O–H groups in total. The number of hydrogen-bond donors (Lipinski definition) is 1. The Bertz CT molecular complexity index is 482. The first-order chi connectivity index (χ1) is 9.61. The maximum absolute atomic E-state index is 11.8. The van der Waals surface area contributed by atoms with Crippen LogP contribution in [0.5, 0.6) is 0 Å². The van der Waals surface area contributed by atoms with E-state index in [1.807, 2.05) is 6.92 Å². The number of nitrogens with zero attached hydrogens (tertiary/aromatic N) is 4. The lowest BCUT2D eigenvalue weighted by Gasteiger charge is -2.38. The van der Waals surface area contributed by atoms with E-state index < -0.39 is 5.97 Å². The van der Waals surface area contributed by atoms with Crippen LogP contribution in [0.1, 0.15) is 36.3 Å². The van der Waals surface area contributed by atoms with E-state index in [0.717, 1.165) is 6.42 Å². The predicted molar refractivity (Wildman–Crippen MR) is 68.3 cm³/mol. The standard InChI is InChI=1S/C12H18N4O4/c1-2-4-20-5-3-11(17)15-6-9(7-15)16-8-10(12(18)19)13-14-16/h8-9H,2-7H2,1H3,(H,18,19). The summed E-state index contributed by atoms with van der Waals surface area (Å²) in [6.45, 7) is 4.21. The van der Waals surface area contributed by atoms with E-state index >= 15 is 0 Å². The van der Waals surface area contributed by atoms with Gasteiger partial charge in [0.05, 0.1) is 25.3 Å². The first-order valence-electron chi connectivity index (χ1n) is 6.62. The largest absolute Gasteiger partial charge is 0.476 e. The molecule has 0 radical (unpaired) electrons. The number of rotatable bonds is 7. The van der Waals surface area contributed by atoms with Crippen molar-refractivity contribution in [3.05, 3.63) is 11.9 Å². The molecule has 0 saturated carbocycles. The van der Waals surface area contributed by atoms with Crippen LogP contribution in [0.2, 0.25) is 0 Å². The summed E-state index contributed by atoms with van der Waals surface area (Å²) in [5.41, 5.74) is -0.0808.